The smallest absolute Gasteiger partial charge is 0.271 e. The van der Waals surface area contributed by atoms with E-state index >= 15 is 0 Å². The molecule has 0 spiro atoms. The molecule has 7 heteroatoms. The SMILES string of the molecule is COc1ccc(-c2nn(-c3ccccc3)cc2/C=N/NC(=O)c2ccncc2)cc1. The largest absolute Gasteiger partial charge is 0.497 e. The summed E-state index contributed by atoms with van der Waals surface area (Å²) in [4.78, 5) is 16.1. The molecule has 4 rings (SSSR count). The van der Waals surface area contributed by atoms with Crippen molar-refractivity contribution in [2.75, 3.05) is 7.11 Å². The molecule has 1 N–H and O–H groups in total. The van der Waals surface area contributed by atoms with Gasteiger partial charge in [-0.25, -0.2) is 10.1 Å². The summed E-state index contributed by atoms with van der Waals surface area (Å²) in [6, 6.07) is 20.7. The molecular formula is C23H19N5O2. The van der Waals surface area contributed by atoms with Gasteiger partial charge in [0.1, 0.15) is 11.4 Å². The average Bonchev–Trinajstić information content (AvgIpc) is 3.24. The number of hydrogen-bond acceptors (Lipinski definition) is 5. The van der Waals surface area contributed by atoms with Crippen LogP contribution in [0.5, 0.6) is 5.75 Å². The number of pyridine rings is 1. The molecule has 30 heavy (non-hydrogen) atoms. The van der Waals surface area contributed by atoms with Gasteiger partial charge in [0, 0.05) is 35.3 Å². The highest BCUT2D eigenvalue weighted by molar-refractivity contribution is 5.95. The number of carbonyl (C=O) groups excluding carboxylic acids is 1. The fourth-order valence-electron chi connectivity index (χ4n) is 2.90. The number of methoxy groups -OCH3 is 1. The molecule has 4 aromatic rings. The van der Waals surface area contributed by atoms with Crippen LogP contribution in [0.25, 0.3) is 16.9 Å². The second-order valence-corrected chi connectivity index (χ2v) is 6.38. The van der Waals surface area contributed by atoms with Crippen LogP contribution in [-0.2, 0) is 0 Å². The van der Waals surface area contributed by atoms with Crippen LogP contribution >= 0.6 is 0 Å². The fraction of sp³-hybridized carbons (Fsp3) is 0.0435. The lowest BCUT2D eigenvalue weighted by Gasteiger charge is -2.02. The molecule has 0 saturated carbocycles. The Balaban J connectivity index is 1.64. The van der Waals surface area contributed by atoms with Crippen LogP contribution in [0.15, 0.2) is 90.4 Å². The van der Waals surface area contributed by atoms with E-state index < -0.39 is 0 Å². The number of hydrogen-bond donors (Lipinski definition) is 1. The maximum absolute atomic E-state index is 12.2. The Morgan fingerprint density at radius 1 is 1.03 bits per heavy atom. The zero-order valence-electron chi connectivity index (χ0n) is 16.3. The van der Waals surface area contributed by atoms with E-state index in [1.807, 2.05) is 60.8 Å². The van der Waals surface area contributed by atoms with Crippen molar-refractivity contribution in [3.05, 3.63) is 96.4 Å². The summed E-state index contributed by atoms with van der Waals surface area (Å²) in [5, 5.41) is 8.85. The number of benzene rings is 2. The van der Waals surface area contributed by atoms with Crippen LogP contribution in [0, 0.1) is 0 Å². The average molecular weight is 397 g/mol. The molecule has 148 valence electrons. The third-order valence-electron chi connectivity index (χ3n) is 4.44. The number of nitrogens with zero attached hydrogens (tertiary/aromatic N) is 4. The van der Waals surface area contributed by atoms with Crippen molar-refractivity contribution in [3.63, 3.8) is 0 Å². The Bertz CT molecular complexity index is 1150. The molecule has 0 aliphatic heterocycles. The molecule has 0 aliphatic carbocycles. The molecule has 7 nitrogen and oxygen atoms in total. The summed E-state index contributed by atoms with van der Waals surface area (Å²) >= 11 is 0. The molecular weight excluding hydrogens is 378 g/mol. The first-order chi connectivity index (χ1) is 14.7. The standard InChI is InChI=1S/C23H19N5O2/c1-30-21-9-7-17(8-10-21)22-19(16-28(27-22)20-5-3-2-4-6-20)15-25-26-23(29)18-11-13-24-14-12-18/h2-16H,1H3,(H,26,29)/b25-15+. The predicted molar refractivity (Wildman–Crippen MR) is 115 cm³/mol. The van der Waals surface area contributed by atoms with Crippen LogP contribution < -0.4 is 10.2 Å². The fourth-order valence-corrected chi connectivity index (χ4v) is 2.90. The van der Waals surface area contributed by atoms with Gasteiger partial charge >= 0.3 is 0 Å². The van der Waals surface area contributed by atoms with Gasteiger partial charge in [-0.15, -0.1) is 0 Å². The van der Waals surface area contributed by atoms with Gasteiger partial charge < -0.3 is 4.74 Å². The molecule has 2 heterocycles. The van der Waals surface area contributed by atoms with E-state index in [1.165, 1.54) is 0 Å². The van der Waals surface area contributed by atoms with E-state index in [1.54, 1.807) is 42.5 Å². The summed E-state index contributed by atoms with van der Waals surface area (Å²) in [7, 11) is 1.63. The van der Waals surface area contributed by atoms with Gasteiger partial charge in [0.25, 0.3) is 5.91 Å². The highest BCUT2D eigenvalue weighted by Gasteiger charge is 2.12. The first-order valence-corrected chi connectivity index (χ1v) is 9.27. The maximum atomic E-state index is 12.2. The van der Waals surface area contributed by atoms with Crippen LogP contribution in [0.2, 0.25) is 0 Å². The summed E-state index contributed by atoms with van der Waals surface area (Å²) in [5.41, 5.74) is 6.36. The third-order valence-corrected chi connectivity index (χ3v) is 4.44. The van der Waals surface area contributed by atoms with E-state index in [9.17, 15) is 4.79 Å². The first-order valence-electron chi connectivity index (χ1n) is 9.27. The van der Waals surface area contributed by atoms with Crippen molar-refractivity contribution in [2.24, 2.45) is 5.10 Å². The van der Waals surface area contributed by atoms with Gasteiger partial charge in [0.15, 0.2) is 0 Å². The lowest BCUT2D eigenvalue weighted by Crippen LogP contribution is -2.17. The monoisotopic (exact) mass is 397 g/mol. The van der Waals surface area contributed by atoms with Gasteiger partial charge in [-0.3, -0.25) is 9.78 Å². The van der Waals surface area contributed by atoms with Gasteiger partial charge in [-0.1, -0.05) is 18.2 Å². The van der Waals surface area contributed by atoms with E-state index in [-0.39, 0.29) is 5.91 Å². The molecule has 2 aromatic carbocycles. The van der Waals surface area contributed by atoms with Crippen molar-refractivity contribution < 1.29 is 9.53 Å². The minimum absolute atomic E-state index is 0.310. The van der Waals surface area contributed by atoms with Crippen molar-refractivity contribution >= 4 is 12.1 Å². The van der Waals surface area contributed by atoms with Crippen LogP contribution in [0.3, 0.4) is 0 Å². The van der Waals surface area contributed by atoms with Crippen LogP contribution in [-0.4, -0.2) is 34.0 Å². The highest BCUT2D eigenvalue weighted by Crippen LogP contribution is 2.25. The van der Waals surface area contributed by atoms with Crippen molar-refractivity contribution in [2.45, 2.75) is 0 Å². The second kappa shape index (κ2) is 8.83. The van der Waals surface area contributed by atoms with Crippen molar-refractivity contribution in [1.29, 1.82) is 0 Å². The minimum Gasteiger partial charge on any atom is -0.497 e. The molecule has 0 unspecified atom stereocenters. The van der Waals surface area contributed by atoms with E-state index in [2.05, 4.69) is 15.5 Å². The summed E-state index contributed by atoms with van der Waals surface area (Å²) in [6.45, 7) is 0. The summed E-state index contributed by atoms with van der Waals surface area (Å²) in [6.07, 6.45) is 6.58. The molecule has 0 atom stereocenters. The molecule has 2 aromatic heterocycles. The van der Waals surface area contributed by atoms with Gasteiger partial charge in [-0.2, -0.15) is 10.2 Å². The zero-order chi connectivity index (χ0) is 20.8. The number of aromatic nitrogens is 3. The first kappa shape index (κ1) is 19.1. The number of hydrazone groups is 1. The molecule has 0 aliphatic rings. The minimum atomic E-state index is -0.310. The lowest BCUT2D eigenvalue weighted by atomic mass is 10.1. The number of rotatable bonds is 6. The summed E-state index contributed by atoms with van der Waals surface area (Å²) in [5.74, 6) is 0.455. The van der Waals surface area contributed by atoms with Gasteiger partial charge in [0.2, 0.25) is 0 Å². The molecule has 1 amide bonds. The van der Waals surface area contributed by atoms with Crippen LogP contribution in [0.1, 0.15) is 15.9 Å². The van der Waals surface area contributed by atoms with Gasteiger partial charge in [0.05, 0.1) is 19.0 Å². The topological polar surface area (TPSA) is 81.4 Å². The number of para-hydroxylation sites is 1. The highest BCUT2D eigenvalue weighted by atomic mass is 16.5. The Labute approximate surface area is 173 Å². The zero-order valence-corrected chi connectivity index (χ0v) is 16.3. The number of nitrogens with one attached hydrogen (secondary N) is 1. The lowest BCUT2D eigenvalue weighted by molar-refractivity contribution is 0.0955. The van der Waals surface area contributed by atoms with E-state index in [4.69, 9.17) is 9.84 Å². The number of amides is 1. The molecule has 0 bridgehead atoms. The van der Waals surface area contributed by atoms with E-state index in [0.29, 0.717) is 5.56 Å². The van der Waals surface area contributed by atoms with Crippen LogP contribution in [0.4, 0.5) is 0 Å². The normalized spacial score (nSPS) is 10.8. The Morgan fingerprint density at radius 3 is 2.47 bits per heavy atom. The quantitative estimate of drug-likeness (QED) is 0.397. The number of ether oxygens (including phenoxy) is 1. The molecule has 0 radical (unpaired) electrons. The Hall–Kier alpha value is -4.26. The van der Waals surface area contributed by atoms with E-state index in [0.717, 1.165) is 28.3 Å². The summed E-state index contributed by atoms with van der Waals surface area (Å²) < 4.78 is 7.02. The Morgan fingerprint density at radius 2 is 1.77 bits per heavy atom. The third kappa shape index (κ3) is 4.25. The predicted octanol–water partition coefficient (Wildman–Crippen LogP) is 3.71. The molecule has 0 saturated heterocycles. The van der Waals surface area contributed by atoms with Gasteiger partial charge in [-0.05, 0) is 48.5 Å². The number of carbonyl (C=O) groups is 1. The second-order valence-electron chi connectivity index (χ2n) is 6.38. The van der Waals surface area contributed by atoms with Crippen molar-refractivity contribution in [1.82, 2.24) is 20.2 Å². The Kier molecular flexibility index (Phi) is 5.61. The van der Waals surface area contributed by atoms with Crippen molar-refractivity contribution in [3.8, 4) is 22.7 Å². The maximum Gasteiger partial charge on any atom is 0.271 e. The molecule has 0 fully saturated rings.